The van der Waals surface area contributed by atoms with Gasteiger partial charge >= 0.3 is 0 Å². The van der Waals surface area contributed by atoms with Crippen LogP contribution in [-0.4, -0.2) is 29.7 Å². The number of pyridine rings is 1. The average molecular weight is 301 g/mol. The van der Waals surface area contributed by atoms with Crippen molar-refractivity contribution in [2.45, 2.75) is 12.8 Å². The van der Waals surface area contributed by atoms with E-state index in [9.17, 15) is 0 Å². The summed E-state index contributed by atoms with van der Waals surface area (Å²) >= 11 is 5.14. The lowest BCUT2D eigenvalue weighted by molar-refractivity contribution is 0.134. The Hall–Kier alpha value is -1.72. The van der Waals surface area contributed by atoms with Crippen LogP contribution in [0.15, 0.2) is 30.3 Å². The Bertz CT molecular complexity index is 655. The SMILES string of the molecule is NC(=S)c1cc(NCCOCC2CC2)nc2ccccc12. The van der Waals surface area contributed by atoms with E-state index in [4.69, 9.17) is 22.7 Å². The van der Waals surface area contributed by atoms with Gasteiger partial charge in [0.25, 0.3) is 0 Å². The summed E-state index contributed by atoms with van der Waals surface area (Å²) in [5.74, 6) is 1.58. The molecule has 5 heteroatoms. The fourth-order valence-corrected chi connectivity index (χ4v) is 2.42. The second-order valence-electron chi connectivity index (χ2n) is 5.38. The molecule has 1 aromatic heterocycles. The minimum Gasteiger partial charge on any atom is -0.389 e. The molecule has 1 aromatic carbocycles. The fourth-order valence-electron chi connectivity index (χ4n) is 2.26. The summed E-state index contributed by atoms with van der Waals surface area (Å²) in [7, 11) is 0. The number of benzene rings is 1. The standard InChI is InChI=1S/C16H19N3OS/c17-16(21)13-9-15(18-7-8-20-10-11-5-6-11)19-14-4-2-1-3-12(13)14/h1-4,9,11H,5-8,10H2,(H2,17,21)(H,18,19). The number of anilines is 1. The first kappa shape index (κ1) is 14.2. The molecule has 1 aliphatic rings. The third-order valence-corrected chi connectivity index (χ3v) is 3.80. The molecule has 0 atom stereocenters. The Morgan fingerprint density at radius 2 is 2.19 bits per heavy atom. The van der Waals surface area contributed by atoms with Crippen molar-refractivity contribution < 1.29 is 4.74 Å². The molecule has 3 rings (SSSR count). The Kier molecular flexibility index (Phi) is 4.31. The summed E-state index contributed by atoms with van der Waals surface area (Å²) < 4.78 is 5.60. The van der Waals surface area contributed by atoms with Gasteiger partial charge < -0.3 is 15.8 Å². The number of nitrogens with zero attached hydrogens (tertiary/aromatic N) is 1. The minimum atomic E-state index is 0.390. The van der Waals surface area contributed by atoms with Gasteiger partial charge in [0.2, 0.25) is 0 Å². The van der Waals surface area contributed by atoms with Crippen molar-refractivity contribution in [3.8, 4) is 0 Å². The molecule has 0 aliphatic heterocycles. The number of ether oxygens (including phenoxy) is 1. The van der Waals surface area contributed by atoms with Gasteiger partial charge in [-0.25, -0.2) is 4.98 Å². The lowest BCUT2D eigenvalue weighted by Crippen LogP contribution is -2.14. The van der Waals surface area contributed by atoms with Crippen LogP contribution in [0.2, 0.25) is 0 Å². The van der Waals surface area contributed by atoms with E-state index < -0.39 is 0 Å². The predicted octanol–water partition coefficient (Wildman–Crippen LogP) is 2.71. The molecule has 4 nitrogen and oxygen atoms in total. The number of nitrogens with one attached hydrogen (secondary N) is 1. The molecule has 0 radical (unpaired) electrons. The van der Waals surface area contributed by atoms with Crippen LogP contribution < -0.4 is 11.1 Å². The van der Waals surface area contributed by atoms with E-state index in [1.54, 1.807) is 0 Å². The van der Waals surface area contributed by atoms with Crippen LogP contribution in [0.4, 0.5) is 5.82 Å². The summed E-state index contributed by atoms with van der Waals surface area (Å²) in [6.45, 7) is 2.30. The van der Waals surface area contributed by atoms with Crippen LogP contribution >= 0.6 is 12.2 Å². The third-order valence-electron chi connectivity index (χ3n) is 3.58. The van der Waals surface area contributed by atoms with Gasteiger partial charge in [-0.3, -0.25) is 0 Å². The number of aromatic nitrogens is 1. The first-order valence-corrected chi connectivity index (χ1v) is 7.66. The van der Waals surface area contributed by atoms with Crippen LogP contribution in [0.3, 0.4) is 0 Å². The summed E-state index contributed by atoms with van der Waals surface area (Å²) in [4.78, 5) is 4.97. The van der Waals surface area contributed by atoms with Gasteiger partial charge in [-0.15, -0.1) is 0 Å². The highest BCUT2D eigenvalue weighted by Gasteiger charge is 2.20. The summed E-state index contributed by atoms with van der Waals surface area (Å²) in [6.07, 6.45) is 2.63. The summed E-state index contributed by atoms with van der Waals surface area (Å²) in [6, 6.07) is 9.78. The van der Waals surface area contributed by atoms with E-state index in [2.05, 4.69) is 10.3 Å². The van der Waals surface area contributed by atoms with Gasteiger partial charge in [0.1, 0.15) is 10.8 Å². The minimum absolute atomic E-state index is 0.390. The van der Waals surface area contributed by atoms with E-state index in [0.717, 1.165) is 41.4 Å². The third kappa shape index (κ3) is 3.68. The van der Waals surface area contributed by atoms with E-state index in [1.165, 1.54) is 12.8 Å². The highest BCUT2D eigenvalue weighted by Crippen LogP contribution is 2.28. The summed E-state index contributed by atoms with van der Waals surface area (Å²) in [5, 5.41) is 4.26. The molecule has 110 valence electrons. The largest absolute Gasteiger partial charge is 0.389 e. The van der Waals surface area contributed by atoms with Crippen molar-refractivity contribution in [2.24, 2.45) is 11.7 Å². The van der Waals surface area contributed by atoms with E-state index in [-0.39, 0.29) is 0 Å². The zero-order chi connectivity index (χ0) is 14.7. The van der Waals surface area contributed by atoms with Gasteiger partial charge in [-0.05, 0) is 30.9 Å². The molecule has 0 saturated heterocycles. The van der Waals surface area contributed by atoms with E-state index >= 15 is 0 Å². The van der Waals surface area contributed by atoms with Crippen molar-refractivity contribution in [1.29, 1.82) is 0 Å². The maximum Gasteiger partial charge on any atom is 0.127 e. The average Bonchev–Trinajstić information content (AvgIpc) is 3.30. The number of hydrogen-bond donors (Lipinski definition) is 2. The highest BCUT2D eigenvalue weighted by molar-refractivity contribution is 7.80. The Balaban J connectivity index is 1.67. The number of nitrogens with two attached hydrogens (primary N) is 1. The quantitative estimate of drug-likeness (QED) is 0.608. The second-order valence-corrected chi connectivity index (χ2v) is 5.82. The molecule has 1 fully saturated rings. The zero-order valence-electron chi connectivity index (χ0n) is 11.8. The predicted molar refractivity (Wildman–Crippen MR) is 89.7 cm³/mol. The first-order valence-electron chi connectivity index (χ1n) is 7.25. The van der Waals surface area contributed by atoms with Crippen LogP contribution in [0.5, 0.6) is 0 Å². The van der Waals surface area contributed by atoms with Gasteiger partial charge in [0.05, 0.1) is 12.1 Å². The van der Waals surface area contributed by atoms with E-state index in [0.29, 0.717) is 11.6 Å². The van der Waals surface area contributed by atoms with Crippen LogP contribution in [0.1, 0.15) is 18.4 Å². The Morgan fingerprint density at radius 1 is 1.38 bits per heavy atom. The van der Waals surface area contributed by atoms with Crippen LogP contribution in [0.25, 0.3) is 10.9 Å². The van der Waals surface area contributed by atoms with Crippen molar-refractivity contribution >= 4 is 33.9 Å². The molecule has 0 unspecified atom stereocenters. The molecule has 0 spiro atoms. The lowest BCUT2D eigenvalue weighted by Gasteiger charge is -2.10. The molecular formula is C16H19N3OS. The number of rotatable bonds is 7. The molecule has 3 N–H and O–H groups in total. The Labute approximate surface area is 129 Å². The van der Waals surface area contributed by atoms with Crippen molar-refractivity contribution in [1.82, 2.24) is 4.98 Å². The molecule has 21 heavy (non-hydrogen) atoms. The Morgan fingerprint density at radius 3 is 2.95 bits per heavy atom. The van der Waals surface area contributed by atoms with Crippen LogP contribution in [-0.2, 0) is 4.74 Å². The number of thiocarbonyl (C=S) groups is 1. The van der Waals surface area contributed by atoms with Crippen molar-refractivity contribution in [3.63, 3.8) is 0 Å². The molecular weight excluding hydrogens is 282 g/mol. The smallest absolute Gasteiger partial charge is 0.127 e. The van der Waals surface area contributed by atoms with E-state index in [1.807, 2.05) is 30.3 Å². The number of para-hydroxylation sites is 1. The van der Waals surface area contributed by atoms with Crippen molar-refractivity contribution in [3.05, 3.63) is 35.9 Å². The fraction of sp³-hybridized carbons (Fsp3) is 0.375. The zero-order valence-corrected chi connectivity index (χ0v) is 12.7. The van der Waals surface area contributed by atoms with Gasteiger partial charge in [-0.1, -0.05) is 30.4 Å². The lowest BCUT2D eigenvalue weighted by atomic mass is 10.1. The maximum absolute atomic E-state index is 5.82. The summed E-state index contributed by atoms with van der Waals surface area (Å²) in [5.41, 5.74) is 7.57. The molecule has 1 saturated carbocycles. The normalized spacial score (nSPS) is 14.3. The first-order chi connectivity index (χ1) is 10.2. The van der Waals surface area contributed by atoms with Crippen molar-refractivity contribution in [2.75, 3.05) is 25.1 Å². The molecule has 1 aliphatic carbocycles. The topological polar surface area (TPSA) is 60.2 Å². The highest BCUT2D eigenvalue weighted by atomic mass is 32.1. The molecule has 0 amide bonds. The molecule has 0 bridgehead atoms. The second kappa shape index (κ2) is 6.37. The van der Waals surface area contributed by atoms with Gasteiger partial charge in [0, 0.05) is 24.1 Å². The molecule has 2 aromatic rings. The maximum atomic E-state index is 5.82. The monoisotopic (exact) mass is 301 g/mol. The number of fused-ring (bicyclic) bond motifs is 1. The molecule has 1 heterocycles. The van der Waals surface area contributed by atoms with Gasteiger partial charge in [-0.2, -0.15) is 0 Å². The van der Waals surface area contributed by atoms with Crippen LogP contribution in [0, 0.1) is 5.92 Å². The van der Waals surface area contributed by atoms with Gasteiger partial charge in [0.15, 0.2) is 0 Å². The number of hydrogen-bond acceptors (Lipinski definition) is 4.